The fourth-order valence-electron chi connectivity index (χ4n) is 3.62. The van der Waals surface area contributed by atoms with Crippen molar-refractivity contribution >= 4 is 5.82 Å². The molecule has 2 heterocycles. The van der Waals surface area contributed by atoms with Crippen molar-refractivity contribution in [2.75, 3.05) is 19.0 Å². The van der Waals surface area contributed by atoms with Gasteiger partial charge in [0.2, 0.25) is 0 Å². The highest BCUT2D eigenvalue weighted by Gasteiger charge is 2.23. The maximum Gasteiger partial charge on any atom is 0.133 e. The number of methoxy groups -OCH3 is 1. The van der Waals surface area contributed by atoms with Gasteiger partial charge in [0, 0.05) is 12.1 Å². The van der Waals surface area contributed by atoms with E-state index in [9.17, 15) is 0 Å². The molecule has 26 heavy (non-hydrogen) atoms. The first-order valence-electron chi connectivity index (χ1n) is 9.21. The zero-order valence-electron chi connectivity index (χ0n) is 15.7. The van der Waals surface area contributed by atoms with Crippen LogP contribution >= 0.6 is 0 Å². The fourth-order valence-corrected chi connectivity index (χ4v) is 3.62. The molecule has 1 aliphatic heterocycles. The van der Waals surface area contributed by atoms with Gasteiger partial charge in [0.15, 0.2) is 0 Å². The largest absolute Gasteiger partial charge is 0.497 e. The highest BCUT2D eigenvalue weighted by molar-refractivity contribution is 5.59. The molecule has 0 bridgehead atoms. The van der Waals surface area contributed by atoms with Crippen LogP contribution in [0.1, 0.15) is 27.9 Å². The van der Waals surface area contributed by atoms with E-state index < -0.39 is 0 Å². The van der Waals surface area contributed by atoms with Crippen LogP contribution in [0, 0.1) is 13.8 Å². The van der Waals surface area contributed by atoms with Gasteiger partial charge in [-0.2, -0.15) is 5.10 Å². The van der Waals surface area contributed by atoms with Crippen LogP contribution in [0.5, 0.6) is 5.75 Å². The predicted octanol–water partition coefficient (Wildman–Crippen LogP) is 4.25. The molecule has 1 aromatic heterocycles. The third-order valence-electron chi connectivity index (χ3n) is 5.14. The summed E-state index contributed by atoms with van der Waals surface area (Å²) < 4.78 is 7.35. The first-order valence-corrected chi connectivity index (χ1v) is 9.21. The number of fused-ring (bicyclic) bond motifs is 1. The minimum Gasteiger partial charge on any atom is -0.497 e. The normalized spacial score (nSPS) is 12.7. The van der Waals surface area contributed by atoms with Gasteiger partial charge in [0.25, 0.3) is 0 Å². The zero-order valence-corrected chi connectivity index (χ0v) is 15.7. The van der Waals surface area contributed by atoms with Gasteiger partial charge in [0.1, 0.15) is 11.6 Å². The third kappa shape index (κ3) is 3.07. The molecule has 0 atom stereocenters. The predicted molar refractivity (Wildman–Crippen MR) is 106 cm³/mol. The van der Waals surface area contributed by atoms with Crippen molar-refractivity contribution in [2.24, 2.45) is 0 Å². The molecule has 0 radical (unpaired) electrons. The summed E-state index contributed by atoms with van der Waals surface area (Å²) >= 11 is 0. The molecule has 1 N–H and O–H groups in total. The first-order chi connectivity index (χ1) is 12.7. The Hall–Kier alpha value is -2.75. The van der Waals surface area contributed by atoms with Crippen molar-refractivity contribution in [1.82, 2.24) is 9.78 Å². The number of aryl methyl sites for hydroxylation is 4. The van der Waals surface area contributed by atoms with Crippen molar-refractivity contribution in [3.63, 3.8) is 0 Å². The van der Waals surface area contributed by atoms with Crippen LogP contribution in [0.2, 0.25) is 0 Å². The molecule has 0 spiro atoms. The number of benzene rings is 2. The monoisotopic (exact) mass is 347 g/mol. The minimum atomic E-state index is 0.901. The Morgan fingerprint density at radius 3 is 2.65 bits per heavy atom. The Morgan fingerprint density at radius 1 is 1.08 bits per heavy atom. The molecule has 0 saturated heterocycles. The molecule has 0 aliphatic carbocycles. The maximum absolute atomic E-state index is 5.24. The van der Waals surface area contributed by atoms with Gasteiger partial charge in [-0.15, -0.1) is 0 Å². The topological polar surface area (TPSA) is 39.1 Å². The second kappa shape index (κ2) is 6.87. The third-order valence-corrected chi connectivity index (χ3v) is 5.14. The zero-order chi connectivity index (χ0) is 18.1. The average molecular weight is 347 g/mol. The molecule has 4 heteroatoms. The second-order valence-electron chi connectivity index (χ2n) is 7.00. The van der Waals surface area contributed by atoms with Gasteiger partial charge in [0.05, 0.1) is 18.5 Å². The average Bonchev–Trinajstić information content (AvgIpc) is 3.26. The van der Waals surface area contributed by atoms with Crippen LogP contribution in [0.3, 0.4) is 0 Å². The summed E-state index contributed by atoms with van der Waals surface area (Å²) in [6.07, 6.45) is 2.99. The minimum absolute atomic E-state index is 0.901. The lowest BCUT2D eigenvalue weighted by Crippen LogP contribution is -2.07. The smallest absolute Gasteiger partial charge is 0.133 e. The number of ether oxygens (including phenoxy) is 1. The molecular weight excluding hydrogens is 322 g/mol. The van der Waals surface area contributed by atoms with Crippen molar-refractivity contribution in [2.45, 2.75) is 33.1 Å². The van der Waals surface area contributed by atoms with Gasteiger partial charge >= 0.3 is 0 Å². The van der Waals surface area contributed by atoms with E-state index in [0.29, 0.717) is 0 Å². The highest BCUT2D eigenvalue weighted by Crippen LogP contribution is 2.31. The van der Waals surface area contributed by atoms with E-state index in [-0.39, 0.29) is 0 Å². The van der Waals surface area contributed by atoms with Gasteiger partial charge in [-0.25, -0.2) is 4.68 Å². The molecule has 0 amide bonds. The van der Waals surface area contributed by atoms with Crippen LogP contribution in [-0.4, -0.2) is 23.4 Å². The Balaban J connectivity index is 1.62. The summed E-state index contributed by atoms with van der Waals surface area (Å²) in [5.41, 5.74) is 7.57. The molecule has 3 aromatic rings. The number of hydrogen-bond donors (Lipinski definition) is 1. The maximum atomic E-state index is 5.24. The van der Waals surface area contributed by atoms with Crippen LogP contribution in [0.4, 0.5) is 5.82 Å². The lowest BCUT2D eigenvalue weighted by molar-refractivity contribution is 0.414. The number of hydrogen-bond acceptors (Lipinski definition) is 3. The number of nitrogens with one attached hydrogen (secondary N) is 1. The first kappa shape index (κ1) is 16.7. The molecule has 4 nitrogen and oxygen atoms in total. The number of aromatic nitrogens is 2. The molecule has 4 rings (SSSR count). The van der Waals surface area contributed by atoms with E-state index in [0.717, 1.165) is 31.6 Å². The molecule has 2 aromatic carbocycles. The van der Waals surface area contributed by atoms with E-state index in [4.69, 9.17) is 9.84 Å². The molecular formula is C22H25N3O. The summed E-state index contributed by atoms with van der Waals surface area (Å²) in [5, 5.41) is 8.51. The van der Waals surface area contributed by atoms with Crippen molar-refractivity contribution in [3.8, 4) is 11.4 Å². The lowest BCUT2D eigenvalue weighted by Gasteiger charge is -2.10. The molecule has 1 aliphatic rings. The lowest BCUT2D eigenvalue weighted by atomic mass is 10.1. The van der Waals surface area contributed by atoms with Gasteiger partial charge in [-0.1, -0.05) is 24.3 Å². The van der Waals surface area contributed by atoms with Crippen molar-refractivity contribution < 1.29 is 4.74 Å². The molecule has 0 saturated carbocycles. The number of rotatable bonds is 5. The van der Waals surface area contributed by atoms with Gasteiger partial charge < -0.3 is 10.1 Å². The summed E-state index contributed by atoms with van der Waals surface area (Å²) in [4.78, 5) is 0. The Labute approximate surface area is 154 Å². The molecule has 0 fully saturated rings. The van der Waals surface area contributed by atoms with E-state index >= 15 is 0 Å². The van der Waals surface area contributed by atoms with E-state index in [1.807, 2.05) is 12.1 Å². The van der Waals surface area contributed by atoms with E-state index in [1.165, 1.54) is 39.5 Å². The number of anilines is 1. The fraction of sp³-hybridized carbons (Fsp3) is 0.318. The quantitative estimate of drug-likeness (QED) is 0.750. The van der Waals surface area contributed by atoms with Crippen LogP contribution in [0.15, 0.2) is 42.5 Å². The van der Waals surface area contributed by atoms with Crippen LogP contribution < -0.4 is 10.1 Å². The summed E-state index contributed by atoms with van der Waals surface area (Å²) in [6, 6.07) is 14.9. The summed E-state index contributed by atoms with van der Waals surface area (Å²) in [5.74, 6) is 2.07. The van der Waals surface area contributed by atoms with Crippen LogP contribution in [-0.2, 0) is 19.3 Å². The van der Waals surface area contributed by atoms with Gasteiger partial charge in [-0.3, -0.25) is 0 Å². The SMILES string of the molecule is COc1ccc(CCc2nn(-c3cc(C)ccc3C)c3c2CCN3)cc1. The Morgan fingerprint density at radius 2 is 1.88 bits per heavy atom. The highest BCUT2D eigenvalue weighted by atomic mass is 16.5. The second-order valence-corrected chi connectivity index (χ2v) is 7.00. The number of nitrogens with zero attached hydrogens (tertiary/aromatic N) is 2. The van der Waals surface area contributed by atoms with Crippen molar-refractivity contribution in [3.05, 3.63) is 70.4 Å². The molecule has 134 valence electrons. The molecule has 0 unspecified atom stereocenters. The Bertz CT molecular complexity index is 925. The van der Waals surface area contributed by atoms with Crippen LogP contribution in [0.25, 0.3) is 5.69 Å². The van der Waals surface area contributed by atoms with E-state index in [2.05, 4.69) is 54.2 Å². The van der Waals surface area contributed by atoms with Gasteiger partial charge in [-0.05, 0) is 68.0 Å². The summed E-state index contributed by atoms with van der Waals surface area (Å²) in [7, 11) is 1.70. The summed E-state index contributed by atoms with van der Waals surface area (Å²) in [6.45, 7) is 5.27. The Kier molecular flexibility index (Phi) is 4.41. The van der Waals surface area contributed by atoms with E-state index in [1.54, 1.807) is 7.11 Å². The standard InChI is InChI=1S/C22H25N3O/c1-15-4-5-16(2)21(14-15)25-22-19(12-13-23-22)20(24-25)11-8-17-6-9-18(26-3)10-7-17/h4-7,9-10,14,23H,8,11-13H2,1-3H3. The van der Waals surface area contributed by atoms with Crippen molar-refractivity contribution in [1.29, 1.82) is 0 Å².